The molecule has 26 heavy (non-hydrogen) atoms. The van der Waals surface area contributed by atoms with Crippen LogP contribution in [0.5, 0.6) is 11.5 Å². The number of nitrogens with zero attached hydrogens (tertiary/aromatic N) is 1. The molecule has 1 N–H and O–H groups in total. The highest BCUT2D eigenvalue weighted by Crippen LogP contribution is 2.34. The Morgan fingerprint density at radius 3 is 2.58 bits per heavy atom. The van der Waals surface area contributed by atoms with Crippen molar-refractivity contribution in [1.29, 1.82) is 0 Å². The summed E-state index contributed by atoms with van der Waals surface area (Å²) in [4.78, 5) is 11.9. The Bertz CT molecular complexity index is 771. The second-order valence-electron chi connectivity index (χ2n) is 5.53. The number of hydrazone groups is 1. The maximum atomic E-state index is 11.9. The summed E-state index contributed by atoms with van der Waals surface area (Å²) in [6, 6.07) is 11.4. The molecule has 138 valence electrons. The number of rotatable bonds is 8. The Hall–Kier alpha value is -1.86. The zero-order valence-electron chi connectivity index (χ0n) is 14.6. The molecule has 0 saturated heterocycles. The van der Waals surface area contributed by atoms with E-state index in [0.29, 0.717) is 12.4 Å². The van der Waals surface area contributed by atoms with E-state index in [1.807, 2.05) is 50.2 Å². The second-order valence-corrected chi connectivity index (χ2v) is 7.23. The van der Waals surface area contributed by atoms with E-state index < -0.39 is 0 Å². The van der Waals surface area contributed by atoms with Gasteiger partial charge in [-0.3, -0.25) is 4.79 Å². The Kier molecular flexibility index (Phi) is 8.12. The van der Waals surface area contributed by atoms with Gasteiger partial charge < -0.3 is 9.47 Å². The van der Waals surface area contributed by atoms with Crippen molar-refractivity contribution in [3.05, 3.63) is 56.5 Å². The molecule has 0 fully saturated rings. The minimum atomic E-state index is -0.354. The van der Waals surface area contributed by atoms with E-state index in [1.165, 1.54) is 0 Å². The molecule has 0 radical (unpaired) electrons. The van der Waals surface area contributed by atoms with E-state index in [9.17, 15) is 4.79 Å². The Balaban J connectivity index is 1.90. The maximum Gasteiger partial charge on any atom is 0.277 e. The standard InChI is InChI=1S/C19H20Br2N2O3/c1-3-8-25-17-7-5-4-6-14(17)11-22-23-18(24)12-26-19-15(20)9-13(2)10-16(19)21/h4-7,9-11H,3,8,12H2,1-2H3,(H,23,24)/b22-11+. The molecule has 0 atom stereocenters. The lowest BCUT2D eigenvalue weighted by atomic mass is 10.2. The summed E-state index contributed by atoms with van der Waals surface area (Å²) < 4.78 is 12.8. The second kappa shape index (κ2) is 10.3. The Morgan fingerprint density at radius 1 is 1.19 bits per heavy atom. The smallest absolute Gasteiger partial charge is 0.277 e. The van der Waals surface area contributed by atoms with Gasteiger partial charge in [-0.05, 0) is 75.0 Å². The lowest BCUT2D eigenvalue weighted by Gasteiger charge is -2.10. The van der Waals surface area contributed by atoms with Gasteiger partial charge >= 0.3 is 0 Å². The number of carbonyl (C=O) groups excluding carboxylic acids is 1. The highest BCUT2D eigenvalue weighted by Gasteiger charge is 2.10. The predicted octanol–water partition coefficient (Wildman–Crippen LogP) is 4.84. The summed E-state index contributed by atoms with van der Waals surface area (Å²) in [5.41, 5.74) is 4.33. The van der Waals surface area contributed by atoms with Crippen molar-refractivity contribution in [2.75, 3.05) is 13.2 Å². The number of benzene rings is 2. The normalized spacial score (nSPS) is 10.8. The van der Waals surface area contributed by atoms with E-state index in [4.69, 9.17) is 9.47 Å². The molecule has 0 aliphatic carbocycles. The summed E-state index contributed by atoms with van der Waals surface area (Å²) in [6.45, 7) is 4.50. The SMILES string of the molecule is CCCOc1ccccc1/C=N/NC(=O)COc1c(Br)cc(C)cc1Br. The summed E-state index contributed by atoms with van der Waals surface area (Å²) in [5, 5.41) is 3.97. The van der Waals surface area contributed by atoms with Gasteiger partial charge in [0.05, 0.1) is 21.8 Å². The zero-order chi connectivity index (χ0) is 18.9. The van der Waals surface area contributed by atoms with Crippen LogP contribution < -0.4 is 14.9 Å². The van der Waals surface area contributed by atoms with E-state index in [0.717, 1.165) is 32.2 Å². The maximum absolute atomic E-state index is 11.9. The van der Waals surface area contributed by atoms with Gasteiger partial charge in [-0.15, -0.1) is 0 Å². The topological polar surface area (TPSA) is 59.9 Å². The molecular formula is C19H20Br2N2O3. The zero-order valence-corrected chi connectivity index (χ0v) is 17.8. The Morgan fingerprint density at radius 2 is 1.88 bits per heavy atom. The molecule has 2 aromatic rings. The first-order valence-corrected chi connectivity index (χ1v) is 9.72. The van der Waals surface area contributed by atoms with Crippen molar-refractivity contribution in [1.82, 2.24) is 5.43 Å². The van der Waals surface area contributed by atoms with Crippen molar-refractivity contribution < 1.29 is 14.3 Å². The van der Waals surface area contributed by atoms with Crippen molar-refractivity contribution in [2.24, 2.45) is 5.10 Å². The largest absolute Gasteiger partial charge is 0.493 e. The van der Waals surface area contributed by atoms with Gasteiger partial charge in [-0.1, -0.05) is 19.1 Å². The number of hydrogen-bond acceptors (Lipinski definition) is 4. The molecule has 2 aromatic carbocycles. The minimum Gasteiger partial charge on any atom is -0.493 e. The number of nitrogens with one attached hydrogen (secondary N) is 1. The van der Waals surface area contributed by atoms with Crippen LogP contribution in [0.2, 0.25) is 0 Å². The molecule has 0 saturated carbocycles. The van der Waals surface area contributed by atoms with Crippen LogP contribution in [0.15, 0.2) is 50.4 Å². The first kappa shape index (κ1) is 20.5. The van der Waals surface area contributed by atoms with Crippen LogP contribution in [0.1, 0.15) is 24.5 Å². The first-order chi connectivity index (χ1) is 12.5. The lowest BCUT2D eigenvalue weighted by Crippen LogP contribution is -2.24. The van der Waals surface area contributed by atoms with Crippen LogP contribution in [0.4, 0.5) is 0 Å². The number of para-hydroxylation sites is 1. The summed E-state index contributed by atoms with van der Waals surface area (Å²) in [5.74, 6) is 0.955. The van der Waals surface area contributed by atoms with E-state index in [-0.39, 0.29) is 12.5 Å². The molecule has 0 aliphatic heterocycles. The molecule has 5 nitrogen and oxygen atoms in total. The number of carbonyl (C=O) groups is 1. The molecule has 0 bridgehead atoms. The summed E-state index contributed by atoms with van der Waals surface area (Å²) in [6.07, 6.45) is 2.48. The van der Waals surface area contributed by atoms with Gasteiger partial charge in [0.1, 0.15) is 11.5 Å². The molecule has 0 unspecified atom stereocenters. The van der Waals surface area contributed by atoms with Crippen molar-refractivity contribution in [3.63, 3.8) is 0 Å². The monoisotopic (exact) mass is 482 g/mol. The summed E-state index contributed by atoms with van der Waals surface area (Å²) >= 11 is 6.86. The van der Waals surface area contributed by atoms with Gasteiger partial charge in [0.25, 0.3) is 5.91 Å². The number of hydrogen-bond donors (Lipinski definition) is 1. The molecular weight excluding hydrogens is 464 g/mol. The Labute approximate surface area is 170 Å². The quantitative estimate of drug-likeness (QED) is 0.431. The van der Waals surface area contributed by atoms with Crippen LogP contribution in [-0.2, 0) is 4.79 Å². The summed E-state index contributed by atoms with van der Waals surface area (Å²) in [7, 11) is 0. The highest BCUT2D eigenvalue weighted by molar-refractivity contribution is 9.11. The molecule has 0 spiro atoms. The molecule has 1 amide bonds. The van der Waals surface area contributed by atoms with Crippen molar-refractivity contribution >= 4 is 44.0 Å². The highest BCUT2D eigenvalue weighted by atomic mass is 79.9. The average molecular weight is 484 g/mol. The molecule has 0 aromatic heterocycles. The van der Waals surface area contributed by atoms with E-state index in [2.05, 4.69) is 42.4 Å². The van der Waals surface area contributed by atoms with Gasteiger partial charge in [0.15, 0.2) is 6.61 Å². The van der Waals surface area contributed by atoms with E-state index in [1.54, 1.807) is 6.21 Å². The van der Waals surface area contributed by atoms with Crippen LogP contribution in [0, 0.1) is 6.92 Å². The van der Waals surface area contributed by atoms with Gasteiger partial charge in [-0.2, -0.15) is 5.10 Å². The predicted molar refractivity (Wildman–Crippen MR) is 110 cm³/mol. The van der Waals surface area contributed by atoms with Crippen molar-refractivity contribution in [2.45, 2.75) is 20.3 Å². The third-order valence-electron chi connectivity index (χ3n) is 3.26. The molecule has 0 heterocycles. The van der Waals surface area contributed by atoms with Crippen LogP contribution >= 0.6 is 31.9 Å². The van der Waals surface area contributed by atoms with Gasteiger partial charge in [0.2, 0.25) is 0 Å². The number of aryl methyl sites for hydroxylation is 1. The first-order valence-electron chi connectivity index (χ1n) is 8.13. The molecule has 7 heteroatoms. The minimum absolute atomic E-state index is 0.147. The van der Waals surface area contributed by atoms with Gasteiger partial charge in [-0.25, -0.2) is 5.43 Å². The van der Waals surface area contributed by atoms with Gasteiger partial charge in [0, 0.05) is 5.56 Å². The number of ether oxygens (including phenoxy) is 2. The fraction of sp³-hybridized carbons (Fsp3) is 0.263. The average Bonchev–Trinajstić information content (AvgIpc) is 2.60. The third-order valence-corrected chi connectivity index (χ3v) is 4.44. The number of halogens is 2. The fourth-order valence-electron chi connectivity index (χ4n) is 2.10. The fourth-order valence-corrected chi connectivity index (χ4v) is 3.74. The van der Waals surface area contributed by atoms with Crippen LogP contribution in [0.3, 0.4) is 0 Å². The van der Waals surface area contributed by atoms with Crippen LogP contribution in [0.25, 0.3) is 0 Å². The van der Waals surface area contributed by atoms with Crippen LogP contribution in [-0.4, -0.2) is 25.3 Å². The van der Waals surface area contributed by atoms with E-state index >= 15 is 0 Å². The molecule has 2 rings (SSSR count). The van der Waals surface area contributed by atoms with Crippen molar-refractivity contribution in [3.8, 4) is 11.5 Å². The number of amides is 1. The molecule has 0 aliphatic rings. The lowest BCUT2D eigenvalue weighted by molar-refractivity contribution is -0.123. The third kappa shape index (κ3) is 6.14.